The minimum absolute atomic E-state index is 0.656. The second-order valence-electron chi connectivity index (χ2n) is 11.5. The molecule has 0 spiro atoms. The number of para-hydroxylation sites is 2. The van der Waals surface area contributed by atoms with E-state index in [1.54, 1.807) is 0 Å². The third-order valence-corrected chi connectivity index (χ3v) is 8.97. The minimum Gasteiger partial charge on any atom is -0.456 e. The first-order chi connectivity index (χ1) is 23.2. The van der Waals surface area contributed by atoms with Gasteiger partial charge in [0.15, 0.2) is 0 Å². The highest BCUT2D eigenvalue weighted by Gasteiger charge is 2.20. The van der Waals surface area contributed by atoms with Crippen molar-refractivity contribution in [3.05, 3.63) is 140 Å². The topological polar surface area (TPSA) is 43.9 Å². The lowest BCUT2D eigenvalue weighted by Crippen LogP contribution is -2.04. The molecule has 0 saturated heterocycles. The molecule has 3 aromatic heterocycles. The minimum atomic E-state index is 0.656. The van der Waals surface area contributed by atoms with Crippen molar-refractivity contribution in [2.24, 2.45) is 0 Å². The molecule has 4 nitrogen and oxygen atoms in total. The molecule has 0 unspecified atom stereocenters. The molecular formula is C40H24IN3OS2. The molecule has 0 saturated carbocycles. The largest absolute Gasteiger partial charge is 0.456 e. The number of fused-ring (bicyclic) bond motifs is 11. The van der Waals surface area contributed by atoms with Crippen LogP contribution >= 0.6 is 40.8 Å². The van der Waals surface area contributed by atoms with E-state index in [1.165, 1.54) is 18.7 Å². The van der Waals surface area contributed by atoms with Crippen molar-refractivity contribution >= 4 is 117 Å². The molecule has 0 aliphatic rings. The van der Waals surface area contributed by atoms with Crippen LogP contribution in [0.1, 0.15) is 0 Å². The molecule has 10 rings (SSSR count). The fraction of sp³-hybridized carbons (Fsp3) is 0. The molecule has 0 atom stereocenters. The van der Waals surface area contributed by atoms with Crippen molar-refractivity contribution in [3.8, 4) is 17.2 Å². The highest BCUT2D eigenvalue weighted by Crippen LogP contribution is 2.40. The van der Waals surface area contributed by atoms with Gasteiger partial charge >= 0.3 is 0 Å². The molecule has 10 aromatic rings. The van der Waals surface area contributed by atoms with Crippen LogP contribution in [0.5, 0.6) is 0 Å². The highest BCUT2D eigenvalue weighted by atomic mass is 127. The quantitative estimate of drug-likeness (QED) is 0.0826. The van der Waals surface area contributed by atoms with Crippen molar-refractivity contribution in [3.63, 3.8) is 0 Å². The molecule has 0 aliphatic heterocycles. The first kappa shape index (κ1) is 28.6. The van der Waals surface area contributed by atoms with Gasteiger partial charge in [-0.15, -0.1) is 11.7 Å². The van der Waals surface area contributed by atoms with Crippen LogP contribution in [0.25, 0.3) is 93.4 Å². The Morgan fingerprint density at radius 3 is 2.09 bits per heavy atom. The number of halogens is 1. The number of hydrogen-bond donors (Lipinski definition) is 1. The average Bonchev–Trinajstić information content (AvgIpc) is 3.66. The van der Waals surface area contributed by atoms with E-state index < -0.39 is 0 Å². The molecule has 0 radical (unpaired) electrons. The van der Waals surface area contributed by atoms with Crippen LogP contribution in [0, 0.1) is 0 Å². The summed E-state index contributed by atoms with van der Waals surface area (Å²) in [7, 11) is 1.41. The molecule has 0 bridgehead atoms. The summed E-state index contributed by atoms with van der Waals surface area (Å²) < 4.78 is 8.53. The third-order valence-electron chi connectivity index (χ3n) is 8.97. The van der Waals surface area contributed by atoms with E-state index in [0.29, 0.717) is 5.95 Å². The molecule has 0 aliphatic carbocycles. The second kappa shape index (κ2) is 11.6. The predicted octanol–water partition coefficient (Wildman–Crippen LogP) is 12.5. The number of aromatic nitrogens is 3. The molecule has 0 N–H and O–H groups in total. The van der Waals surface area contributed by atoms with Crippen LogP contribution in [0.4, 0.5) is 0 Å². The summed E-state index contributed by atoms with van der Waals surface area (Å²) in [4.78, 5) is 10.7. The van der Waals surface area contributed by atoms with Gasteiger partial charge in [-0.1, -0.05) is 109 Å². The van der Waals surface area contributed by atoms with Crippen molar-refractivity contribution in [2.45, 2.75) is 0 Å². The molecule has 7 heteroatoms. The number of thiol groups is 1. The second-order valence-corrected chi connectivity index (χ2v) is 15.6. The summed E-state index contributed by atoms with van der Waals surface area (Å²) in [6, 6.07) is 48.9. The first-order valence-corrected chi connectivity index (χ1v) is 19.6. The van der Waals surface area contributed by atoms with Crippen molar-refractivity contribution in [1.82, 2.24) is 14.5 Å². The number of rotatable bonds is 2. The summed E-state index contributed by atoms with van der Waals surface area (Å²) in [5.74, 6) is 0.656. The molecule has 0 amide bonds. The third kappa shape index (κ3) is 4.59. The molecule has 224 valence electrons. The van der Waals surface area contributed by atoms with Gasteiger partial charge in [0.25, 0.3) is 0 Å². The van der Waals surface area contributed by atoms with Crippen LogP contribution in [0.2, 0.25) is 0 Å². The fourth-order valence-corrected chi connectivity index (χ4v) is 6.98. The summed E-state index contributed by atoms with van der Waals surface area (Å²) >= 11 is 5.76. The van der Waals surface area contributed by atoms with Gasteiger partial charge in [0, 0.05) is 64.5 Å². The van der Waals surface area contributed by atoms with E-state index >= 15 is 0 Å². The highest BCUT2D eigenvalue weighted by molar-refractivity contribution is 14.2. The van der Waals surface area contributed by atoms with Crippen LogP contribution in [0.3, 0.4) is 0 Å². The van der Waals surface area contributed by atoms with E-state index in [9.17, 15) is 0 Å². The van der Waals surface area contributed by atoms with Crippen molar-refractivity contribution < 1.29 is 4.42 Å². The van der Waals surface area contributed by atoms with Crippen LogP contribution < -0.4 is 0 Å². The van der Waals surface area contributed by atoms with Gasteiger partial charge in [0.05, 0.1) is 22.2 Å². The summed E-state index contributed by atoms with van der Waals surface area (Å²) in [5, 5.41) is 10.1. The van der Waals surface area contributed by atoms with E-state index in [4.69, 9.17) is 14.4 Å². The number of nitrogens with zero attached hydrogens (tertiary/aromatic N) is 3. The van der Waals surface area contributed by atoms with Gasteiger partial charge in [-0.25, -0.2) is 9.97 Å². The van der Waals surface area contributed by atoms with E-state index in [-0.39, 0.29) is 0 Å². The summed E-state index contributed by atoms with van der Waals surface area (Å²) in [6.45, 7) is 0. The average molecular weight is 754 g/mol. The van der Waals surface area contributed by atoms with Crippen LogP contribution in [-0.4, -0.2) is 14.5 Å². The summed E-state index contributed by atoms with van der Waals surface area (Å²) in [6.07, 6.45) is 0. The van der Waals surface area contributed by atoms with Crippen LogP contribution in [0.15, 0.2) is 144 Å². The Kier molecular flexibility index (Phi) is 7.06. The number of furan rings is 1. The Balaban J connectivity index is 0.000000974. The monoisotopic (exact) mass is 753 g/mol. The first-order valence-electron chi connectivity index (χ1n) is 15.2. The van der Waals surface area contributed by atoms with E-state index in [1.807, 2.05) is 18.2 Å². The molecule has 47 heavy (non-hydrogen) atoms. The normalized spacial score (nSPS) is 11.7. The Bertz CT molecular complexity index is 2810. The standard InChI is InChI=1S/C40H23N3O.HIS2/c1-2-11-25(12-3-1)37-31-21-18-24-10-4-5-13-27(24)38(31)42-40(41-37)43-34-16-8-6-14-28(34)30-20-19-26-22-36-33(23-32(26)39(30)43)29-15-7-9-17-35(29)44-36;1-3-2/h1-23H;2H. The Hall–Kier alpha value is -4.57. The van der Waals surface area contributed by atoms with E-state index in [2.05, 4.69) is 159 Å². The van der Waals surface area contributed by atoms with Crippen LogP contribution in [-0.2, 0) is 0 Å². The molecule has 0 fully saturated rings. The lowest BCUT2D eigenvalue weighted by molar-refractivity contribution is 0.669. The van der Waals surface area contributed by atoms with Gasteiger partial charge in [0.2, 0.25) is 5.95 Å². The van der Waals surface area contributed by atoms with Crippen molar-refractivity contribution in [2.75, 3.05) is 0 Å². The zero-order valence-electron chi connectivity index (χ0n) is 24.8. The van der Waals surface area contributed by atoms with Gasteiger partial charge in [-0.2, -0.15) is 0 Å². The molecule has 3 heterocycles. The van der Waals surface area contributed by atoms with E-state index in [0.717, 1.165) is 76.7 Å². The maximum Gasteiger partial charge on any atom is 0.235 e. The molecule has 7 aromatic carbocycles. The van der Waals surface area contributed by atoms with Gasteiger partial charge in [-0.3, -0.25) is 4.57 Å². The number of benzene rings is 7. The lowest BCUT2D eigenvalue weighted by atomic mass is 10.0. The zero-order valence-corrected chi connectivity index (χ0v) is 28.6. The van der Waals surface area contributed by atoms with Gasteiger partial charge < -0.3 is 4.42 Å². The molecular weight excluding hydrogens is 729 g/mol. The maximum atomic E-state index is 6.27. The number of hydrogen-bond acceptors (Lipinski definition) is 5. The van der Waals surface area contributed by atoms with Gasteiger partial charge in [-0.05, 0) is 49.1 Å². The van der Waals surface area contributed by atoms with Crippen molar-refractivity contribution in [1.29, 1.82) is 0 Å². The Labute approximate surface area is 290 Å². The zero-order chi connectivity index (χ0) is 31.5. The lowest BCUT2D eigenvalue weighted by Gasteiger charge is -2.14. The summed E-state index contributed by atoms with van der Waals surface area (Å²) in [5.41, 5.74) is 6.88. The SMILES string of the molecule is SSI.c1ccc(-c2nc(-n3c4ccccc4c4ccc5cc6oc7ccccc7c6cc5c43)nc3c2ccc2ccccc23)cc1. The maximum absolute atomic E-state index is 6.27. The Morgan fingerprint density at radius 2 is 1.23 bits per heavy atom. The smallest absolute Gasteiger partial charge is 0.235 e. The Morgan fingerprint density at radius 1 is 0.553 bits per heavy atom. The van der Waals surface area contributed by atoms with Gasteiger partial charge in [0.1, 0.15) is 11.2 Å². The fourth-order valence-electron chi connectivity index (χ4n) is 6.98. The predicted molar refractivity (Wildman–Crippen MR) is 212 cm³/mol.